The van der Waals surface area contributed by atoms with Gasteiger partial charge in [0.1, 0.15) is 0 Å². The molecule has 2 nitrogen and oxygen atoms in total. The molecule has 0 saturated carbocycles. The average Bonchev–Trinajstić information content (AvgIpc) is 2.96. The molecule has 0 N–H and O–H groups in total. The van der Waals surface area contributed by atoms with E-state index in [-0.39, 0.29) is 0 Å². The fourth-order valence-electron chi connectivity index (χ4n) is 2.47. The fourth-order valence-corrected chi connectivity index (χ4v) is 2.47. The summed E-state index contributed by atoms with van der Waals surface area (Å²) in [5.41, 5.74) is 4.84. The van der Waals surface area contributed by atoms with Crippen molar-refractivity contribution in [2.24, 2.45) is 4.99 Å². The molecule has 0 spiro atoms. The zero-order chi connectivity index (χ0) is 14.7. The summed E-state index contributed by atoms with van der Waals surface area (Å²) in [5, 5.41) is 1.25. The summed E-state index contributed by atoms with van der Waals surface area (Å²) in [6, 6.07) is 19.1. The van der Waals surface area contributed by atoms with Gasteiger partial charge in [0.2, 0.25) is 0 Å². The van der Waals surface area contributed by atoms with Gasteiger partial charge in [-0.3, -0.25) is 4.99 Å². The molecule has 0 aliphatic rings. The minimum absolute atomic E-state index is 1.18. The minimum atomic E-state index is 1.18. The van der Waals surface area contributed by atoms with Crippen molar-refractivity contribution in [3.05, 3.63) is 72.4 Å². The van der Waals surface area contributed by atoms with Crippen LogP contribution in [-0.4, -0.2) is 17.8 Å². The topological polar surface area (TPSA) is 17.3 Å². The highest BCUT2D eigenvalue weighted by atomic mass is 15.0. The first-order valence-electron chi connectivity index (χ1n) is 7.05. The number of nitrogens with zero attached hydrogens (tertiary/aromatic N) is 2. The van der Waals surface area contributed by atoms with Crippen molar-refractivity contribution in [2.45, 2.75) is 6.92 Å². The monoisotopic (exact) mass is 274 g/mol. The van der Waals surface area contributed by atoms with E-state index in [2.05, 4.69) is 71.2 Å². The van der Waals surface area contributed by atoms with E-state index in [4.69, 9.17) is 0 Å². The molecule has 0 aliphatic heterocycles. The zero-order valence-corrected chi connectivity index (χ0v) is 12.3. The number of benzene rings is 2. The number of aromatic nitrogens is 1. The Balaban J connectivity index is 2.13. The van der Waals surface area contributed by atoms with Crippen LogP contribution in [0.5, 0.6) is 0 Å². The number of para-hydroxylation sites is 1. The third-order valence-electron chi connectivity index (χ3n) is 3.66. The van der Waals surface area contributed by atoms with Crippen LogP contribution in [-0.2, 0) is 0 Å². The summed E-state index contributed by atoms with van der Waals surface area (Å²) in [5.74, 6) is 0. The van der Waals surface area contributed by atoms with Crippen LogP contribution in [0.1, 0.15) is 12.5 Å². The molecule has 104 valence electrons. The van der Waals surface area contributed by atoms with Crippen molar-refractivity contribution >= 4 is 22.7 Å². The average molecular weight is 274 g/mol. The van der Waals surface area contributed by atoms with Crippen LogP contribution in [0.3, 0.4) is 0 Å². The van der Waals surface area contributed by atoms with Gasteiger partial charge in [0.25, 0.3) is 0 Å². The van der Waals surface area contributed by atoms with Gasteiger partial charge in [0, 0.05) is 25.1 Å². The Morgan fingerprint density at radius 1 is 1.05 bits per heavy atom. The van der Waals surface area contributed by atoms with Gasteiger partial charge >= 0.3 is 0 Å². The highest BCUT2D eigenvalue weighted by Crippen LogP contribution is 2.24. The van der Waals surface area contributed by atoms with E-state index in [1.807, 2.05) is 18.4 Å². The molecule has 0 radical (unpaired) electrons. The Morgan fingerprint density at radius 3 is 2.62 bits per heavy atom. The number of hydrogen-bond acceptors (Lipinski definition) is 1. The maximum atomic E-state index is 4.01. The molecule has 3 aromatic rings. The van der Waals surface area contributed by atoms with Crippen LogP contribution in [0.25, 0.3) is 22.2 Å². The lowest BCUT2D eigenvalue weighted by atomic mass is 10.1. The zero-order valence-electron chi connectivity index (χ0n) is 12.3. The first-order chi connectivity index (χ1) is 10.3. The van der Waals surface area contributed by atoms with Crippen LogP contribution in [0.2, 0.25) is 0 Å². The number of aliphatic imine (C=N–C) groups is 1. The predicted molar refractivity (Wildman–Crippen MR) is 91.3 cm³/mol. The van der Waals surface area contributed by atoms with E-state index in [1.54, 1.807) is 7.05 Å². The molecule has 0 amide bonds. The van der Waals surface area contributed by atoms with Crippen LogP contribution >= 0.6 is 0 Å². The summed E-state index contributed by atoms with van der Waals surface area (Å²) in [6.45, 7) is 2.11. The molecular weight excluding hydrogens is 256 g/mol. The maximum absolute atomic E-state index is 4.01. The molecule has 2 heteroatoms. The normalized spacial score (nSPS) is 12.4. The van der Waals surface area contributed by atoms with Crippen molar-refractivity contribution in [1.29, 1.82) is 0 Å². The van der Waals surface area contributed by atoms with Gasteiger partial charge in [-0.15, -0.1) is 0 Å². The summed E-state index contributed by atoms with van der Waals surface area (Å²) < 4.78 is 2.22. The molecule has 0 aliphatic carbocycles. The van der Waals surface area contributed by atoms with Gasteiger partial charge in [0.15, 0.2) is 0 Å². The van der Waals surface area contributed by atoms with Crippen LogP contribution in [0, 0.1) is 0 Å². The SMILES string of the molecule is CN=C/C=C(\C)c1ccc2ccn(-c3ccccc3)c2c1. The third-order valence-corrected chi connectivity index (χ3v) is 3.66. The van der Waals surface area contributed by atoms with Crippen LogP contribution in [0.4, 0.5) is 0 Å². The highest BCUT2D eigenvalue weighted by Gasteiger charge is 2.04. The van der Waals surface area contributed by atoms with Crippen molar-refractivity contribution in [3.63, 3.8) is 0 Å². The lowest BCUT2D eigenvalue weighted by Crippen LogP contribution is -1.91. The van der Waals surface area contributed by atoms with Gasteiger partial charge in [0.05, 0.1) is 5.52 Å². The van der Waals surface area contributed by atoms with Crippen molar-refractivity contribution in [3.8, 4) is 5.69 Å². The van der Waals surface area contributed by atoms with E-state index >= 15 is 0 Å². The first kappa shape index (κ1) is 13.4. The highest BCUT2D eigenvalue weighted by molar-refractivity contribution is 5.89. The van der Waals surface area contributed by atoms with E-state index in [1.165, 1.54) is 27.7 Å². The van der Waals surface area contributed by atoms with E-state index in [0.717, 1.165) is 0 Å². The molecule has 0 saturated heterocycles. The lowest BCUT2D eigenvalue weighted by Gasteiger charge is -2.07. The second-order valence-corrected chi connectivity index (χ2v) is 5.05. The Morgan fingerprint density at radius 2 is 1.86 bits per heavy atom. The second kappa shape index (κ2) is 5.80. The van der Waals surface area contributed by atoms with Crippen molar-refractivity contribution in [1.82, 2.24) is 4.57 Å². The number of fused-ring (bicyclic) bond motifs is 1. The Hall–Kier alpha value is -2.61. The summed E-state index contributed by atoms with van der Waals surface area (Å²) >= 11 is 0. The second-order valence-electron chi connectivity index (χ2n) is 5.05. The van der Waals surface area contributed by atoms with Gasteiger partial charge in [-0.1, -0.05) is 30.3 Å². The van der Waals surface area contributed by atoms with Gasteiger partial charge < -0.3 is 4.57 Å². The standard InChI is InChI=1S/C19H18N2/c1-15(10-12-20-2)17-9-8-16-11-13-21(19(16)14-17)18-6-4-3-5-7-18/h3-14H,1-2H3/b15-10+,20-12?. The molecule has 21 heavy (non-hydrogen) atoms. The van der Waals surface area contributed by atoms with Gasteiger partial charge in [-0.2, -0.15) is 0 Å². The Labute approximate surface area is 125 Å². The number of allylic oxidation sites excluding steroid dienone is 2. The molecule has 3 rings (SSSR count). The van der Waals surface area contributed by atoms with Crippen LogP contribution in [0.15, 0.2) is 71.9 Å². The van der Waals surface area contributed by atoms with Crippen molar-refractivity contribution < 1.29 is 0 Å². The van der Waals surface area contributed by atoms with Crippen LogP contribution < -0.4 is 0 Å². The number of hydrogen-bond donors (Lipinski definition) is 0. The minimum Gasteiger partial charge on any atom is -0.317 e. The molecule has 0 atom stereocenters. The molecule has 2 aromatic carbocycles. The molecule has 1 heterocycles. The first-order valence-corrected chi connectivity index (χ1v) is 7.05. The molecular formula is C19H18N2. The smallest absolute Gasteiger partial charge is 0.0534 e. The van der Waals surface area contributed by atoms with E-state index in [9.17, 15) is 0 Å². The number of rotatable bonds is 3. The fraction of sp³-hybridized carbons (Fsp3) is 0.105. The summed E-state index contributed by atoms with van der Waals surface area (Å²) in [6.07, 6.45) is 5.99. The maximum Gasteiger partial charge on any atom is 0.0534 e. The third kappa shape index (κ3) is 2.65. The molecule has 1 aromatic heterocycles. The Bertz CT molecular complexity index is 808. The van der Waals surface area contributed by atoms with E-state index in [0.29, 0.717) is 0 Å². The largest absolute Gasteiger partial charge is 0.317 e. The summed E-state index contributed by atoms with van der Waals surface area (Å²) in [7, 11) is 1.79. The quantitative estimate of drug-likeness (QED) is 0.614. The molecule has 0 fully saturated rings. The Kier molecular flexibility index (Phi) is 3.69. The predicted octanol–water partition coefficient (Wildman–Crippen LogP) is 4.73. The molecule has 0 bridgehead atoms. The van der Waals surface area contributed by atoms with Crippen molar-refractivity contribution in [2.75, 3.05) is 7.05 Å². The van der Waals surface area contributed by atoms with Gasteiger partial charge in [-0.05, 0) is 53.8 Å². The lowest BCUT2D eigenvalue weighted by molar-refractivity contribution is 1.13. The summed E-state index contributed by atoms with van der Waals surface area (Å²) in [4.78, 5) is 4.01. The van der Waals surface area contributed by atoms with E-state index < -0.39 is 0 Å². The van der Waals surface area contributed by atoms with Gasteiger partial charge in [-0.25, -0.2) is 0 Å². The molecule has 0 unspecified atom stereocenters.